The second-order valence-electron chi connectivity index (χ2n) is 4.61. The van der Waals surface area contributed by atoms with Crippen LogP contribution in [0.25, 0.3) is 11.0 Å². The van der Waals surface area contributed by atoms with Crippen molar-refractivity contribution in [3.63, 3.8) is 0 Å². The summed E-state index contributed by atoms with van der Waals surface area (Å²) in [6.07, 6.45) is 2.03. The molecule has 0 bridgehead atoms. The highest BCUT2D eigenvalue weighted by atomic mass is 35.5. The number of imidazole rings is 1. The van der Waals surface area contributed by atoms with E-state index in [4.69, 9.17) is 16.6 Å². The zero-order valence-electron chi connectivity index (χ0n) is 11.7. The van der Waals surface area contributed by atoms with E-state index in [-0.39, 0.29) is 0 Å². The van der Waals surface area contributed by atoms with Crippen LogP contribution in [0.4, 0.5) is 0 Å². The summed E-state index contributed by atoms with van der Waals surface area (Å²) in [6.45, 7) is 5.41. The van der Waals surface area contributed by atoms with Crippen molar-refractivity contribution in [3.8, 4) is 0 Å². The first-order valence-electron chi connectivity index (χ1n) is 6.86. The Hall–Kier alpha value is -0.670. The van der Waals surface area contributed by atoms with E-state index in [1.807, 2.05) is 11.8 Å². The molecule has 0 N–H and O–H groups in total. The fourth-order valence-corrected chi connectivity index (χ4v) is 3.19. The third-order valence-electron chi connectivity index (χ3n) is 3.24. The van der Waals surface area contributed by atoms with Crippen molar-refractivity contribution in [2.24, 2.45) is 0 Å². The molecule has 2 nitrogen and oxygen atoms in total. The number of alkyl halides is 1. The van der Waals surface area contributed by atoms with Gasteiger partial charge >= 0.3 is 0 Å². The minimum Gasteiger partial charge on any atom is -0.328 e. The lowest BCUT2D eigenvalue weighted by Gasteiger charge is -2.09. The molecule has 4 heteroatoms. The van der Waals surface area contributed by atoms with Gasteiger partial charge in [0.05, 0.1) is 11.0 Å². The van der Waals surface area contributed by atoms with E-state index in [0.717, 1.165) is 24.3 Å². The molecule has 1 aromatic carbocycles. The Bertz CT molecular complexity index is 536. The summed E-state index contributed by atoms with van der Waals surface area (Å²) in [7, 11) is 0. The predicted molar refractivity (Wildman–Crippen MR) is 86.5 cm³/mol. The number of hydrogen-bond donors (Lipinski definition) is 0. The summed E-state index contributed by atoms with van der Waals surface area (Å²) in [5.74, 6) is 4.16. The van der Waals surface area contributed by atoms with Crippen LogP contribution in [0, 0.1) is 6.92 Å². The number of aromatic nitrogens is 2. The second kappa shape index (κ2) is 7.20. The quantitative estimate of drug-likeness (QED) is 0.561. The van der Waals surface area contributed by atoms with E-state index in [9.17, 15) is 0 Å². The van der Waals surface area contributed by atoms with Gasteiger partial charge in [-0.3, -0.25) is 0 Å². The van der Waals surface area contributed by atoms with Crippen LogP contribution < -0.4 is 0 Å². The number of hydrogen-bond acceptors (Lipinski definition) is 2. The van der Waals surface area contributed by atoms with E-state index < -0.39 is 0 Å². The van der Waals surface area contributed by atoms with Gasteiger partial charge in [0, 0.05) is 18.8 Å². The van der Waals surface area contributed by atoms with Gasteiger partial charge in [0.15, 0.2) is 0 Å². The number of aryl methyl sites for hydroxylation is 3. The van der Waals surface area contributed by atoms with Crippen LogP contribution in [0.5, 0.6) is 0 Å². The molecule has 2 aromatic rings. The largest absolute Gasteiger partial charge is 0.328 e. The molecule has 0 fully saturated rings. The number of para-hydroxylation sites is 1. The number of thioether (sulfide) groups is 1. The van der Waals surface area contributed by atoms with Gasteiger partial charge < -0.3 is 4.57 Å². The van der Waals surface area contributed by atoms with Gasteiger partial charge in [-0.25, -0.2) is 4.98 Å². The van der Waals surface area contributed by atoms with Gasteiger partial charge in [0.25, 0.3) is 0 Å². The van der Waals surface area contributed by atoms with Crippen molar-refractivity contribution < 1.29 is 0 Å². The Morgan fingerprint density at radius 1 is 1.37 bits per heavy atom. The normalized spacial score (nSPS) is 11.3. The van der Waals surface area contributed by atoms with Crippen LogP contribution in [-0.4, -0.2) is 26.9 Å². The molecule has 19 heavy (non-hydrogen) atoms. The smallest absolute Gasteiger partial charge is 0.111 e. The zero-order chi connectivity index (χ0) is 13.7. The zero-order valence-corrected chi connectivity index (χ0v) is 13.2. The first-order valence-corrected chi connectivity index (χ1v) is 8.55. The Balaban J connectivity index is 2.28. The molecule has 0 radical (unpaired) electrons. The summed E-state index contributed by atoms with van der Waals surface area (Å²) in [5.41, 5.74) is 3.68. The number of halogens is 1. The number of rotatable bonds is 7. The molecule has 104 valence electrons. The van der Waals surface area contributed by atoms with Crippen molar-refractivity contribution in [3.05, 3.63) is 29.6 Å². The SMILES string of the molecule is CCSCCCn1c(CCCl)nc2cccc(C)c21. The third kappa shape index (κ3) is 3.46. The molecule has 0 aliphatic rings. The third-order valence-corrected chi connectivity index (χ3v) is 4.41. The number of nitrogens with zero attached hydrogens (tertiary/aromatic N) is 2. The van der Waals surface area contributed by atoms with E-state index in [2.05, 4.69) is 36.6 Å². The molecule has 1 aromatic heterocycles. The fourth-order valence-electron chi connectivity index (χ4n) is 2.40. The summed E-state index contributed by atoms with van der Waals surface area (Å²) in [4.78, 5) is 4.73. The van der Waals surface area contributed by atoms with Gasteiger partial charge in [0.2, 0.25) is 0 Å². The van der Waals surface area contributed by atoms with E-state index in [0.29, 0.717) is 5.88 Å². The highest BCUT2D eigenvalue weighted by molar-refractivity contribution is 7.99. The Labute approximate surface area is 124 Å². The van der Waals surface area contributed by atoms with Gasteiger partial charge in [0.1, 0.15) is 5.82 Å². The van der Waals surface area contributed by atoms with Gasteiger partial charge in [-0.15, -0.1) is 11.6 Å². The van der Waals surface area contributed by atoms with Crippen molar-refractivity contribution in [1.82, 2.24) is 9.55 Å². The number of benzene rings is 1. The molecule has 0 spiro atoms. The summed E-state index contributed by atoms with van der Waals surface area (Å²) < 4.78 is 2.36. The molecule has 0 unspecified atom stereocenters. The van der Waals surface area contributed by atoms with Gasteiger partial charge in [-0.05, 0) is 36.5 Å². The Morgan fingerprint density at radius 3 is 2.95 bits per heavy atom. The summed E-state index contributed by atoms with van der Waals surface area (Å²) >= 11 is 7.90. The molecular formula is C15H21ClN2S. The summed E-state index contributed by atoms with van der Waals surface area (Å²) in [5, 5.41) is 0. The van der Waals surface area contributed by atoms with Crippen LogP contribution in [-0.2, 0) is 13.0 Å². The predicted octanol–water partition coefficient (Wildman–Crippen LogP) is 4.27. The molecule has 2 rings (SSSR count). The molecule has 0 aliphatic heterocycles. The minimum atomic E-state index is 0.631. The molecule has 0 saturated carbocycles. The first kappa shape index (κ1) is 14.7. The molecule has 0 aliphatic carbocycles. The monoisotopic (exact) mass is 296 g/mol. The van der Waals surface area contributed by atoms with Crippen LogP contribution in [0.3, 0.4) is 0 Å². The molecule has 0 saturated heterocycles. The lowest BCUT2D eigenvalue weighted by Crippen LogP contribution is -2.06. The highest BCUT2D eigenvalue weighted by Gasteiger charge is 2.11. The van der Waals surface area contributed by atoms with E-state index in [1.54, 1.807) is 0 Å². The minimum absolute atomic E-state index is 0.631. The lowest BCUT2D eigenvalue weighted by atomic mass is 10.2. The first-order chi connectivity index (χ1) is 9.27. The topological polar surface area (TPSA) is 17.8 Å². The van der Waals surface area contributed by atoms with Crippen LogP contribution >= 0.6 is 23.4 Å². The van der Waals surface area contributed by atoms with Crippen molar-refractivity contribution >= 4 is 34.4 Å². The Morgan fingerprint density at radius 2 is 2.21 bits per heavy atom. The maximum Gasteiger partial charge on any atom is 0.111 e. The average Bonchev–Trinajstić information content (AvgIpc) is 2.74. The molecular weight excluding hydrogens is 276 g/mol. The summed E-state index contributed by atoms with van der Waals surface area (Å²) in [6, 6.07) is 6.33. The molecule has 1 heterocycles. The van der Waals surface area contributed by atoms with E-state index in [1.165, 1.54) is 29.0 Å². The average molecular weight is 297 g/mol. The Kier molecular flexibility index (Phi) is 5.59. The number of fused-ring (bicyclic) bond motifs is 1. The standard InChI is InChI=1S/C15H21ClN2S/c1-3-19-11-5-10-18-14(8-9-16)17-13-7-4-6-12(2)15(13)18/h4,6-7H,3,5,8-11H2,1-2H3. The highest BCUT2D eigenvalue weighted by Crippen LogP contribution is 2.21. The van der Waals surface area contributed by atoms with Crippen LogP contribution in [0.1, 0.15) is 24.7 Å². The maximum atomic E-state index is 5.90. The van der Waals surface area contributed by atoms with Crippen LogP contribution in [0.2, 0.25) is 0 Å². The molecule has 0 atom stereocenters. The van der Waals surface area contributed by atoms with E-state index >= 15 is 0 Å². The van der Waals surface area contributed by atoms with Crippen molar-refractivity contribution in [1.29, 1.82) is 0 Å². The van der Waals surface area contributed by atoms with Crippen molar-refractivity contribution in [2.75, 3.05) is 17.4 Å². The lowest BCUT2D eigenvalue weighted by molar-refractivity contribution is 0.663. The fraction of sp³-hybridized carbons (Fsp3) is 0.533. The second-order valence-corrected chi connectivity index (χ2v) is 6.38. The maximum absolute atomic E-state index is 5.90. The van der Waals surface area contributed by atoms with Crippen LogP contribution in [0.15, 0.2) is 18.2 Å². The van der Waals surface area contributed by atoms with Crippen molar-refractivity contribution in [2.45, 2.75) is 33.2 Å². The van der Waals surface area contributed by atoms with Gasteiger partial charge in [-0.2, -0.15) is 11.8 Å². The molecule has 0 amide bonds. The van der Waals surface area contributed by atoms with Gasteiger partial charge in [-0.1, -0.05) is 19.1 Å².